The van der Waals surface area contributed by atoms with Crippen LogP contribution in [-0.4, -0.2) is 17.6 Å². The zero-order valence-corrected chi connectivity index (χ0v) is 11.1. The summed E-state index contributed by atoms with van der Waals surface area (Å²) in [6.07, 6.45) is 5.54. The Morgan fingerprint density at radius 2 is 2.18 bits per heavy atom. The average Bonchev–Trinajstić information content (AvgIpc) is 2.34. The highest BCUT2D eigenvalue weighted by Gasteiger charge is 2.19. The first-order valence-corrected chi connectivity index (χ1v) is 6.42. The van der Waals surface area contributed by atoms with Crippen molar-refractivity contribution < 1.29 is 4.74 Å². The minimum atomic E-state index is -0.0348. The molecule has 3 nitrogen and oxygen atoms in total. The van der Waals surface area contributed by atoms with E-state index in [1.807, 2.05) is 18.3 Å². The van der Waals surface area contributed by atoms with Gasteiger partial charge in [-0.1, -0.05) is 26.8 Å². The molecule has 96 valence electrons. The largest absolute Gasteiger partial charge is 0.372 e. The third-order valence-corrected chi connectivity index (χ3v) is 2.87. The molecule has 1 heterocycles. The quantitative estimate of drug-likeness (QED) is 0.792. The van der Waals surface area contributed by atoms with Crippen molar-refractivity contribution in [3.05, 3.63) is 30.1 Å². The molecule has 2 atom stereocenters. The number of rotatable bonds is 7. The second-order valence-electron chi connectivity index (χ2n) is 4.83. The zero-order chi connectivity index (χ0) is 12.7. The Morgan fingerprint density at radius 3 is 2.71 bits per heavy atom. The Kier molecular flexibility index (Phi) is 6.16. The molecule has 2 unspecified atom stereocenters. The summed E-state index contributed by atoms with van der Waals surface area (Å²) in [4.78, 5) is 4.13. The molecule has 1 aromatic heterocycles. The Balaban J connectivity index is 2.61. The molecule has 0 aliphatic heterocycles. The van der Waals surface area contributed by atoms with Crippen LogP contribution in [0.15, 0.2) is 24.5 Å². The molecular formula is C14H24N2O. The van der Waals surface area contributed by atoms with E-state index in [4.69, 9.17) is 10.5 Å². The Labute approximate surface area is 104 Å². The van der Waals surface area contributed by atoms with E-state index in [0.29, 0.717) is 5.92 Å². The van der Waals surface area contributed by atoms with Crippen LogP contribution in [0.4, 0.5) is 0 Å². The lowest BCUT2D eigenvalue weighted by Gasteiger charge is -2.24. The molecular weight excluding hydrogens is 212 g/mol. The van der Waals surface area contributed by atoms with Crippen molar-refractivity contribution in [3.63, 3.8) is 0 Å². The van der Waals surface area contributed by atoms with Gasteiger partial charge in [-0.25, -0.2) is 0 Å². The first kappa shape index (κ1) is 14.1. The predicted molar refractivity (Wildman–Crippen MR) is 70.7 cm³/mol. The summed E-state index contributed by atoms with van der Waals surface area (Å²) in [7, 11) is 0. The molecule has 17 heavy (non-hydrogen) atoms. The smallest absolute Gasteiger partial charge is 0.0990 e. The van der Waals surface area contributed by atoms with Crippen molar-refractivity contribution in [1.29, 1.82) is 0 Å². The Morgan fingerprint density at radius 1 is 1.41 bits per heavy atom. The van der Waals surface area contributed by atoms with E-state index in [1.54, 1.807) is 6.20 Å². The number of ether oxygens (including phenoxy) is 1. The Bertz CT molecular complexity index is 300. The number of pyridine rings is 1. The van der Waals surface area contributed by atoms with Gasteiger partial charge in [-0.15, -0.1) is 0 Å². The van der Waals surface area contributed by atoms with Gasteiger partial charge < -0.3 is 10.5 Å². The third kappa shape index (κ3) is 4.84. The molecule has 0 saturated carbocycles. The van der Waals surface area contributed by atoms with Crippen LogP contribution < -0.4 is 5.73 Å². The van der Waals surface area contributed by atoms with E-state index in [-0.39, 0.29) is 12.1 Å². The second kappa shape index (κ2) is 7.41. The maximum atomic E-state index is 6.11. The molecule has 3 heteroatoms. The molecule has 0 saturated heterocycles. The Hall–Kier alpha value is -0.930. The van der Waals surface area contributed by atoms with Crippen LogP contribution >= 0.6 is 0 Å². The zero-order valence-electron chi connectivity index (χ0n) is 11.1. The lowest BCUT2D eigenvalue weighted by atomic mass is 10.0. The summed E-state index contributed by atoms with van der Waals surface area (Å²) >= 11 is 0. The van der Waals surface area contributed by atoms with Gasteiger partial charge in [0, 0.05) is 30.6 Å². The number of hydrogen-bond acceptors (Lipinski definition) is 3. The molecule has 0 fully saturated rings. The lowest BCUT2D eigenvalue weighted by Crippen LogP contribution is -2.30. The van der Waals surface area contributed by atoms with Crippen LogP contribution in [0.5, 0.6) is 0 Å². The van der Waals surface area contributed by atoms with Crippen LogP contribution in [-0.2, 0) is 4.74 Å². The van der Waals surface area contributed by atoms with Crippen molar-refractivity contribution in [2.24, 2.45) is 11.7 Å². The second-order valence-corrected chi connectivity index (χ2v) is 4.83. The van der Waals surface area contributed by atoms with E-state index in [9.17, 15) is 0 Å². The van der Waals surface area contributed by atoms with E-state index >= 15 is 0 Å². The van der Waals surface area contributed by atoms with Crippen LogP contribution in [0.25, 0.3) is 0 Å². The van der Waals surface area contributed by atoms with Crippen molar-refractivity contribution >= 4 is 0 Å². The summed E-state index contributed by atoms with van der Waals surface area (Å²) in [6, 6.07) is 3.99. The van der Waals surface area contributed by atoms with Gasteiger partial charge in [-0.2, -0.15) is 0 Å². The normalized spacial score (nSPS) is 14.9. The highest BCUT2D eigenvalue weighted by atomic mass is 16.5. The predicted octanol–water partition coefficient (Wildman–Crippen LogP) is 2.92. The van der Waals surface area contributed by atoms with Crippen molar-refractivity contribution in [1.82, 2.24) is 4.98 Å². The summed E-state index contributed by atoms with van der Waals surface area (Å²) < 4.78 is 5.93. The molecule has 0 spiro atoms. The summed E-state index contributed by atoms with van der Waals surface area (Å²) in [5.74, 6) is 0.655. The number of nitrogens with two attached hydrogens (primary N) is 1. The molecule has 0 aliphatic carbocycles. The SMILES string of the molecule is CCC(N)C(OCCC(C)C)c1cccnc1. The standard InChI is InChI=1S/C14H24N2O/c1-4-13(15)14(17-9-7-11(2)3)12-6-5-8-16-10-12/h5-6,8,10-11,13-14H,4,7,9,15H2,1-3H3. The molecule has 1 aromatic rings. The number of nitrogens with zero attached hydrogens (tertiary/aromatic N) is 1. The van der Waals surface area contributed by atoms with E-state index < -0.39 is 0 Å². The summed E-state index contributed by atoms with van der Waals surface area (Å²) in [5, 5.41) is 0. The highest BCUT2D eigenvalue weighted by molar-refractivity contribution is 5.14. The minimum Gasteiger partial charge on any atom is -0.372 e. The van der Waals surface area contributed by atoms with Crippen molar-refractivity contribution in [2.75, 3.05) is 6.61 Å². The van der Waals surface area contributed by atoms with Gasteiger partial charge in [-0.3, -0.25) is 4.98 Å². The van der Waals surface area contributed by atoms with Crippen LogP contribution in [0, 0.1) is 5.92 Å². The van der Waals surface area contributed by atoms with Gasteiger partial charge in [0.1, 0.15) is 0 Å². The number of hydrogen-bond donors (Lipinski definition) is 1. The molecule has 0 aliphatic rings. The van der Waals surface area contributed by atoms with Crippen LogP contribution in [0.2, 0.25) is 0 Å². The van der Waals surface area contributed by atoms with E-state index in [2.05, 4.69) is 25.8 Å². The maximum Gasteiger partial charge on any atom is 0.0990 e. The van der Waals surface area contributed by atoms with Gasteiger partial charge in [0.2, 0.25) is 0 Å². The third-order valence-electron chi connectivity index (χ3n) is 2.87. The fraction of sp³-hybridized carbons (Fsp3) is 0.643. The minimum absolute atomic E-state index is 0.0337. The topological polar surface area (TPSA) is 48.1 Å². The van der Waals surface area contributed by atoms with Crippen LogP contribution in [0.3, 0.4) is 0 Å². The first-order valence-electron chi connectivity index (χ1n) is 6.42. The monoisotopic (exact) mass is 236 g/mol. The molecule has 0 radical (unpaired) electrons. The highest BCUT2D eigenvalue weighted by Crippen LogP contribution is 2.21. The van der Waals surface area contributed by atoms with Gasteiger partial charge in [0.05, 0.1) is 6.10 Å². The van der Waals surface area contributed by atoms with Crippen LogP contribution in [0.1, 0.15) is 45.3 Å². The maximum absolute atomic E-state index is 6.11. The molecule has 2 N–H and O–H groups in total. The number of aromatic nitrogens is 1. The average molecular weight is 236 g/mol. The first-order chi connectivity index (χ1) is 8.15. The van der Waals surface area contributed by atoms with E-state index in [1.165, 1.54) is 0 Å². The molecule has 0 amide bonds. The van der Waals surface area contributed by atoms with Gasteiger partial charge in [0.15, 0.2) is 0 Å². The van der Waals surface area contributed by atoms with Crippen molar-refractivity contribution in [2.45, 2.75) is 45.8 Å². The summed E-state index contributed by atoms with van der Waals surface area (Å²) in [5.41, 5.74) is 7.19. The van der Waals surface area contributed by atoms with Crippen molar-refractivity contribution in [3.8, 4) is 0 Å². The fourth-order valence-corrected chi connectivity index (χ4v) is 1.66. The summed E-state index contributed by atoms with van der Waals surface area (Å²) in [6.45, 7) is 7.23. The van der Waals surface area contributed by atoms with E-state index in [0.717, 1.165) is 25.0 Å². The van der Waals surface area contributed by atoms with Gasteiger partial charge in [0.25, 0.3) is 0 Å². The molecule has 0 bridgehead atoms. The van der Waals surface area contributed by atoms with Gasteiger partial charge in [-0.05, 0) is 24.8 Å². The fourth-order valence-electron chi connectivity index (χ4n) is 1.66. The lowest BCUT2D eigenvalue weighted by molar-refractivity contribution is 0.0273. The van der Waals surface area contributed by atoms with Gasteiger partial charge >= 0.3 is 0 Å². The molecule has 0 aromatic carbocycles. The molecule has 1 rings (SSSR count).